The molecule has 87 heavy (non-hydrogen) atoms. The maximum atomic E-state index is 11.0. The minimum absolute atomic E-state index is 0.000271. The summed E-state index contributed by atoms with van der Waals surface area (Å²) in [5.74, 6) is 4.46. The lowest BCUT2D eigenvalue weighted by Crippen LogP contribution is -2.43. The summed E-state index contributed by atoms with van der Waals surface area (Å²) in [7, 11) is 0. The van der Waals surface area contributed by atoms with Crippen molar-refractivity contribution in [2.45, 2.75) is 0 Å². The quantitative estimate of drug-likeness (QED) is 0.0130. The molecule has 498 valence electrons. The molecule has 0 aliphatic heterocycles. The maximum Gasteiger partial charge on any atom is 0.384 e. The second-order valence-electron chi connectivity index (χ2n) is 16.8. The van der Waals surface area contributed by atoms with E-state index in [0.29, 0.717) is 52.9 Å². The van der Waals surface area contributed by atoms with Gasteiger partial charge in [-0.15, -0.1) is 32.1 Å². The standard InChI is InChI=1S/C33H44O16.C21H44O12.C3H2O2/c1-5-29(34)46-21-17-38-9-13-42-25-33(26-43-14-10-39-18-22-47-30(35)6-2,27-44-15-11-40-19-23-48-31(36)7-3)28-45-16-12-41-20-24-49-32(37)8-4;22-1-5-26-9-13-30-17-21(18-31-14-10-27-6-2-23,19-32-15-11-28-7-3-24)20-33-16-12-29-8-4-25;1-2-3(4)5/h1-4H,9-28H2;22-25H,1-20H2;1H,(H,4,5). The summed E-state index contributed by atoms with van der Waals surface area (Å²) in [6.07, 6.45) is 24.1. The van der Waals surface area contributed by atoms with E-state index in [1.807, 2.05) is 23.7 Å². The highest BCUT2D eigenvalue weighted by Crippen LogP contribution is 2.22. The molecular formula is C57H90O30. The first-order valence-electron chi connectivity index (χ1n) is 27.2. The number of ether oxygens (including phenoxy) is 20. The van der Waals surface area contributed by atoms with E-state index in [4.69, 9.17) is 151 Å². The van der Waals surface area contributed by atoms with Gasteiger partial charge in [0.15, 0.2) is 0 Å². The Balaban J connectivity index is -0.00000160. The van der Waals surface area contributed by atoms with E-state index >= 15 is 0 Å². The highest BCUT2D eigenvalue weighted by atomic mass is 16.6. The second kappa shape index (κ2) is 67.9. The van der Waals surface area contributed by atoms with Crippen LogP contribution in [0, 0.1) is 72.5 Å². The molecule has 5 N–H and O–H groups in total. The first kappa shape index (κ1) is 85.6. The Morgan fingerprint density at radius 2 is 0.379 bits per heavy atom. The van der Waals surface area contributed by atoms with Crippen molar-refractivity contribution in [3.8, 4) is 61.7 Å². The maximum absolute atomic E-state index is 11.0. The van der Waals surface area contributed by atoms with Crippen molar-refractivity contribution in [3.05, 3.63) is 0 Å². The molecule has 0 aliphatic carbocycles. The molecule has 0 aliphatic rings. The van der Waals surface area contributed by atoms with Gasteiger partial charge in [-0.05, 0) is 0 Å². The van der Waals surface area contributed by atoms with Crippen molar-refractivity contribution in [3.63, 3.8) is 0 Å². The van der Waals surface area contributed by atoms with Crippen molar-refractivity contribution in [1.29, 1.82) is 0 Å². The van der Waals surface area contributed by atoms with Crippen LogP contribution in [0.25, 0.3) is 0 Å². The van der Waals surface area contributed by atoms with Crippen LogP contribution in [0.5, 0.6) is 0 Å². The summed E-state index contributed by atoms with van der Waals surface area (Å²) in [4.78, 5) is 53.2. The van der Waals surface area contributed by atoms with Crippen molar-refractivity contribution in [1.82, 2.24) is 0 Å². The molecule has 0 aromatic heterocycles. The Hall–Kier alpha value is -5.65. The van der Waals surface area contributed by atoms with Gasteiger partial charge in [0.25, 0.3) is 0 Å². The van der Waals surface area contributed by atoms with E-state index in [2.05, 4.69) is 6.42 Å². The molecule has 0 atom stereocenters. The van der Waals surface area contributed by atoms with Crippen LogP contribution in [-0.4, -0.2) is 320 Å². The third-order valence-electron chi connectivity index (χ3n) is 9.62. The van der Waals surface area contributed by atoms with E-state index in [1.54, 1.807) is 0 Å². The highest BCUT2D eigenvalue weighted by Gasteiger charge is 2.34. The number of esters is 4. The number of aliphatic hydroxyl groups excluding tert-OH is 4. The van der Waals surface area contributed by atoms with Crippen molar-refractivity contribution in [2.75, 3.05) is 264 Å². The molecule has 0 spiro atoms. The molecule has 0 radical (unpaired) electrons. The number of carbonyl (C=O) groups excluding carboxylic acids is 4. The molecule has 0 amide bonds. The Morgan fingerprint density at radius 3 is 0.517 bits per heavy atom. The molecule has 0 rings (SSSR count). The fourth-order valence-electron chi connectivity index (χ4n) is 5.77. The molecule has 0 aromatic carbocycles. The Bertz CT molecular complexity index is 1630. The smallest absolute Gasteiger partial charge is 0.384 e. The van der Waals surface area contributed by atoms with Gasteiger partial charge in [-0.1, -0.05) is 0 Å². The number of carboxylic acids is 1. The van der Waals surface area contributed by atoms with Crippen LogP contribution in [0.1, 0.15) is 0 Å². The van der Waals surface area contributed by atoms with Crippen molar-refractivity contribution < 1.29 is 144 Å². The molecule has 0 heterocycles. The SMILES string of the molecule is C#CC(=O)O.C#CC(=O)OCCOCCOCC(COCCOCCOC(=O)C#C)(COCCOCCOC(=O)C#C)COCCOCCOC(=O)C#C.OCCOCCOCC(COCCOCCO)(COCCOCCO)COCCOCCO. The van der Waals surface area contributed by atoms with Crippen LogP contribution in [0.4, 0.5) is 0 Å². The number of carboxylic acid groups (broad SMARTS) is 1. The third-order valence-corrected chi connectivity index (χ3v) is 9.62. The predicted octanol–water partition coefficient (Wildman–Crippen LogP) is -3.41. The van der Waals surface area contributed by atoms with E-state index in [-0.39, 0.29) is 211 Å². The Morgan fingerprint density at radius 1 is 0.241 bits per heavy atom. The van der Waals surface area contributed by atoms with Crippen LogP contribution in [0.2, 0.25) is 0 Å². The largest absolute Gasteiger partial charge is 0.472 e. The number of aliphatic carboxylic acids is 1. The number of rotatable bonds is 60. The van der Waals surface area contributed by atoms with Crippen LogP contribution in [0.3, 0.4) is 0 Å². The van der Waals surface area contributed by atoms with Crippen LogP contribution in [0.15, 0.2) is 0 Å². The number of terminal acetylenes is 5. The van der Waals surface area contributed by atoms with Crippen molar-refractivity contribution in [2.24, 2.45) is 10.8 Å². The molecule has 0 saturated carbocycles. The molecule has 0 aromatic rings. The summed E-state index contributed by atoms with van der Waals surface area (Å²) < 4.78 is 108. The van der Waals surface area contributed by atoms with E-state index in [0.717, 1.165) is 0 Å². The van der Waals surface area contributed by atoms with Crippen LogP contribution < -0.4 is 0 Å². The molecular weight excluding hydrogens is 1160 g/mol. The van der Waals surface area contributed by atoms with Gasteiger partial charge in [0.2, 0.25) is 0 Å². The first-order valence-corrected chi connectivity index (χ1v) is 27.2. The summed E-state index contributed by atoms with van der Waals surface area (Å²) in [6, 6.07) is 0. The van der Waals surface area contributed by atoms with E-state index in [1.165, 1.54) is 5.92 Å². The molecule has 0 bridgehead atoms. The fourth-order valence-corrected chi connectivity index (χ4v) is 5.77. The lowest BCUT2D eigenvalue weighted by atomic mass is 9.92. The summed E-state index contributed by atoms with van der Waals surface area (Å²) in [6.45, 7) is 7.16. The highest BCUT2D eigenvalue weighted by molar-refractivity contribution is 5.88. The average Bonchev–Trinajstić information content (AvgIpc) is 3.72. The fraction of sp³-hybridized carbons (Fsp3) is 0.737. The summed E-state index contributed by atoms with van der Waals surface area (Å²) >= 11 is 0. The normalized spacial score (nSPS) is 10.8. The lowest BCUT2D eigenvalue weighted by molar-refractivity contribution is -0.139. The first-order chi connectivity index (χ1) is 42.3. The van der Waals surface area contributed by atoms with Gasteiger partial charge in [0, 0.05) is 29.6 Å². The van der Waals surface area contributed by atoms with Gasteiger partial charge in [0.05, 0.1) is 249 Å². The van der Waals surface area contributed by atoms with Gasteiger partial charge >= 0.3 is 29.8 Å². The topological polar surface area (TPSA) is 371 Å². The molecule has 0 unspecified atom stereocenters. The van der Waals surface area contributed by atoms with Gasteiger partial charge in [-0.3, -0.25) is 0 Å². The summed E-state index contributed by atoms with van der Waals surface area (Å²) in [5.41, 5.74) is -1.45. The Labute approximate surface area is 509 Å². The molecule has 30 heteroatoms. The minimum atomic E-state index is -1.22. The zero-order valence-electron chi connectivity index (χ0n) is 49.6. The number of hydrogen-bond acceptors (Lipinski definition) is 29. The predicted molar refractivity (Wildman–Crippen MR) is 302 cm³/mol. The molecule has 0 saturated heterocycles. The van der Waals surface area contributed by atoms with Crippen LogP contribution >= 0.6 is 0 Å². The van der Waals surface area contributed by atoms with Gasteiger partial charge in [-0.25, -0.2) is 24.0 Å². The van der Waals surface area contributed by atoms with E-state index in [9.17, 15) is 19.2 Å². The number of carbonyl (C=O) groups is 5. The minimum Gasteiger partial charge on any atom is -0.472 e. The van der Waals surface area contributed by atoms with Crippen LogP contribution in [-0.2, 0) is 119 Å². The number of aliphatic hydroxyl groups is 4. The Kier molecular flexibility index (Phi) is 66.7. The zero-order chi connectivity index (χ0) is 64.8. The number of hydrogen-bond donors (Lipinski definition) is 5. The zero-order valence-corrected chi connectivity index (χ0v) is 49.6. The summed E-state index contributed by atoms with van der Waals surface area (Å²) in [5, 5.41) is 42.6. The third kappa shape index (κ3) is 63.2. The van der Waals surface area contributed by atoms with Gasteiger partial charge in [-0.2, -0.15) is 0 Å². The molecule has 30 nitrogen and oxygen atoms in total. The van der Waals surface area contributed by atoms with Gasteiger partial charge < -0.3 is 120 Å². The average molecular weight is 1260 g/mol. The van der Waals surface area contributed by atoms with Crippen molar-refractivity contribution >= 4 is 29.8 Å². The van der Waals surface area contributed by atoms with E-state index < -0.39 is 40.7 Å². The lowest BCUT2D eigenvalue weighted by Gasteiger charge is -2.33. The molecule has 0 fully saturated rings. The monoisotopic (exact) mass is 1250 g/mol. The van der Waals surface area contributed by atoms with Gasteiger partial charge in [0.1, 0.15) is 26.4 Å². The second-order valence-corrected chi connectivity index (χ2v) is 16.8.